The van der Waals surface area contributed by atoms with Crippen LogP contribution >= 0.6 is 23.2 Å². The normalized spacial score (nSPS) is 10.7. The first-order chi connectivity index (χ1) is 14.4. The molecule has 0 bridgehead atoms. The van der Waals surface area contributed by atoms with E-state index in [0.717, 1.165) is 16.6 Å². The van der Waals surface area contributed by atoms with Crippen molar-refractivity contribution in [1.29, 1.82) is 0 Å². The Labute approximate surface area is 184 Å². The van der Waals surface area contributed by atoms with Crippen molar-refractivity contribution < 1.29 is 19.1 Å². The Morgan fingerprint density at radius 3 is 2.63 bits per heavy atom. The fraction of sp³-hybridized carbons (Fsp3) is 0.227. The zero-order chi connectivity index (χ0) is 21.7. The van der Waals surface area contributed by atoms with E-state index in [1.54, 1.807) is 12.1 Å². The number of nitrogens with zero attached hydrogens (tertiary/aromatic N) is 1. The van der Waals surface area contributed by atoms with Gasteiger partial charge in [0.25, 0.3) is 0 Å². The van der Waals surface area contributed by atoms with Gasteiger partial charge in [-0.15, -0.1) is 0 Å². The van der Waals surface area contributed by atoms with Gasteiger partial charge in [-0.2, -0.15) is 0 Å². The molecule has 0 aliphatic heterocycles. The Morgan fingerprint density at radius 1 is 1.07 bits per heavy atom. The lowest BCUT2D eigenvalue weighted by Crippen LogP contribution is -2.14. The Balaban J connectivity index is 1.77. The molecule has 0 aliphatic carbocycles. The number of amides is 1. The zero-order valence-corrected chi connectivity index (χ0v) is 18.0. The van der Waals surface area contributed by atoms with Crippen molar-refractivity contribution in [1.82, 2.24) is 4.98 Å². The van der Waals surface area contributed by atoms with Crippen LogP contribution in [0.1, 0.15) is 24.1 Å². The van der Waals surface area contributed by atoms with Crippen molar-refractivity contribution in [3.8, 4) is 5.75 Å². The molecule has 0 unspecified atom stereocenters. The number of halogens is 2. The lowest BCUT2D eigenvalue weighted by atomic mass is 10.1. The Bertz CT molecular complexity index is 1100. The predicted octanol–water partition coefficient (Wildman–Crippen LogP) is 5.32. The molecular formula is C22H20Cl2N2O4. The monoisotopic (exact) mass is 446 g/mol. The fourth-order valence-electron chi connectivity index (χ4n) is 2.84. The van der Waals surface area contributed by atoms with Crippen molar-refractivity contribution in [2.75, 3.05) is 12.4 Å². The molecule has 3 rings (SSSR count). The number of hydrogen-bond acceptors (Lipinski definition) is 5. The van der Waals surface area contributed by atoms with E-state index in [9.17, 15) is 9.59 Å². The lowest BCUT2D eigenvalue weighted by Gasteiger charge is -2.14. The SMILES string of the molecule is COC(=O)CCC(=O)Nc1ccc(Cl)c(COc2cccc3ccc(C)nc23)c1Cl. The van der Waals surface area contributed by atoms with E-state index in [-0.39, 0.29) is 30.4 Å². The molecule has 1 amide bonds. The second kappa shape index (κ2) is 9.78. The maximum atomic E-state index is 12.1. The van der Waals surface area contributed by atoms with Crippen LogP contribution in [0.2, 0.25) is 10.0 Å². The van der Waals surface area contributed by atoms with Crippen molar-refractivity contribution in [3.05, 3.63) is 63.8 Å². The molecular weight excluding hydrogens is 427 g/mol. The zero-order valence-electron chi connectivity index (χ0n) is 16.5. The van der Waals surface area contributed by atoms with Gasteiger partial charge in [-0.05, 0) is 31.2 Å². The van der Waals surface area contributed by atoms with Crippen molar-refractivity contribution in [3.63, 3.8) is 0 Å². The Kier molecular flexibility index (Phi) is 7.13. The number of rotatable bonds is 7. The number of fused-ring (bicyclic) bond motifs is 1. The van der Waals surface area contributed by atoms with E-state index in [4.69, 9.17) is 27.9 Å². The molecule has 2 aromatic carbocycles. The number of ether oxygens (including phenoxy) is 2. The molecule has 1 aromatic heterocycles. The number of hydrogen-bond donors (Lipinski definition) is 1. The number of aryl methyl sites for hydroxylation is 1. The summed E-state index contributed by atoms with van der Waals surface area (Å²) in [6.07, 6.45) is -0.0322. The summed E-state index contributed by atoms with van der Waals surface area (Å²) in [4.78, 5) is 27.8. The van der Waals surface area contributed by atoms with E-state index in [1.165, 1.54) is 7.11 Å². The van der Waals surface area contributed by atoms with Crippen molar-refractivity contribution in [2.45, 2.75) is 26.4 Å². The highest BCUT2D eigenvalue weighted by atomic mass is 35.5. The number of nitrogens with one attached hydrogen (secondary N) is 1. The number of esters is 1. The highest BCUT2D eigenvalue weighted by Crippen LogP contribution is 2.33. The number of aromatic nitrogens is 1. The summed E-state index contributed by atoms with van der Waals surface area (Å²) < 4.78 is 10.5. The van der Waals surface area contributed by atoms with Gasteiger partial charge in [0.2, 0.25) is 5.91 Å². The van der Waals surface area contributed by atoms with Gasteiger partial charge in [-0.25, -0.2) is 4.98 Å². The number of carbonyl (C=O) groups is 2. The summed E-state index contributed by atoms with van der Waals surface area (Å²) in [5.74, 6) is -0.207. The quantitative estimate of drug-likeness (QED) is 0.496. The molecule has 6 nitrogen and oxygen atoms in total. The molecule has 156 valence electrons. The Hall–Kier alpha value is -2.83. The van der Waals surface area contributed by atoms with E-state index in [0.29, 0.717) is 22.0 Å². The lowest BCUT2D eigenvalue weighted by molar-refractivity contribution is -0.141. The third-order valence-electron chi connectivity index (χ3n) is 4.44. The summed E-state index contributed by atoms with van der Waals surface area (Å²) in [5, 5.41) is 4.34. The molecule has 1 N–H and O–H groups in total. The molecule has 8 heteroatoms. The van der Waals surface area contributed by atoms with Crippen LogP contribution in [0.3, 0.4) is 0 Å². The largest absolute Gasteiger partial charge is 0.487 e. The molecule has 3 aromatic rings. The van der Waals surface area contributed by atoms with Crippen LogP contribution in [0.4, 0.5) is 5.69 Å². The van der Waals surface area contributed by atoms with Crippen molar-refractivity contribution >= 4 is 51.7 Å². The first kappa shape index (κ1) is 21.9. The molecule has 0 spiro atoms. The van der Waals surface area contributed by atoms with Gasteiger partial charge in [0, 0.05) is 28.1 Å². The van der Waals surface area contributed by atoms with E-state index in [1.807, 2.05) is 37.3 Å². The number of benzene rings is 2. The Morgan fingerprint density at radius 2 is 1.87 bits per heavy atom. The first-order valence-electron chi connectivity index (χ1n) is 9.21. The molecule has 0 radical (unpaired) electrons. The summed E-state index contributed by atoms with van der Waals surface area (Å²) >= 11 is 12.8. The number of anilines is 1. The molecule has 30 heavy (non-hydrogen) atoms. The standard InChI is InChI=1S/C22H20Cl2N2O4/c1-13-6-7-14-4-3-5-18(22(14)25-13)30-12-15-16(23)8-9-17(21(15)24)26-19(27)10-11-20(28)29-2/h3-9H,10-12H2,1-2H3,(H,26,27). The number of pyridine rings is 1. The van der Waals surface area contributed by atoms with Gasteiger partial charge >= 0.3 is 5.97 Å². The van der Waals surface area contributed by atoms with Crippen LogP contribution in [-0.4, -0.2) is 24.0 Å². The van der Waals surface area contributed by atoms with E-state index in [2.05, 4.69) is 15.0 Å². The van der Waals surface area contributed by atoms with Gasteiger partial charge in [-0.1, -0.05) is 41.4 Å². The average Bonchev–Trinajstić information content (AvgIpc) is 2.74. The summed E-state index contributed by atoms with van der Waals surface area (Å²) in [7, 11) is 1.27. The van der Waals surface area contributed by atoms with Crippen LogP contribution in [0, 0.1) is 6.92 Å². The fourth-order valence-corrected chi connectivity index (χ4v) is 3.37. The summed E-state index contributed by atoms with van der Waals surface area (Å²) in [5.41, 5.74) is 2.55. The van der Waals surface area contributed by atoms with Gasteiger partial charge in [0.05, 0.1) is 24.2 Å². The molecule has 0 aliphatic rings. The molecule has 0 atom stereocenters. The highest BCUT2D eigenvalue weighted by Gasteiger charge is 2.15. The first-order valence-corrected chi connectivity index (χ1v) is 9.97. The maximum Gasteiger partial charge on any atom is 0.306 e. The maximum absolute atomic E-state index is 12.1. The molecule has 0 saturated carbocycles. The van der Waals surface area contributed by atoms with Gasteiger partial charge in [0.1, 0.15) is 17.9 Å². The minimum Gasteiger partial charge on any atom is -0.487 e. The van der Waals surface area contributed by atoms with Gasteiger partial charge in [0.15, 0.2) is 0 Å². The van der Waals surface area contributed by atoms with E-state index < -0.39 is 5.97 Å². The predicted molar refractivity (Wildman–Crippen MR) is 117 cm³/mol. The third-order valence-corrected chi connectivity index (χ3v) is 5.22. The number of para-hydroxylation sites is 1. The second-order valence-corrected chi connectivity index (χ2v) is 7.37. The van der Waals surface area contributed by atoms with E-state index >= 15 is 0 Å². The van der Waals surface area contributed by atoms with Crippen LogP contribution in [0.25, 0.3) is 10.9 Å². The molecule has 0 saturated heterocycles. The topological polar surface area (TPSA) is 77.5 Å². The van der Waals surface area contributed by atoms with Crippen molar-refractivity contribution in [2.24, 2.45) is 0 Å². The highest BCUT2D eigenvalue weighted by molar-refractivity contribution is 6.38. The summed E-state index contributed by atoms with van der Waals surface area (Å²) in [6.45, 7) is 2.01. The minimum absolute atomic E-state index is 0.0154. The van der Waals surface area contributed by atoms with Crippen LogP contribution in [0.15, 0.2) is 42.5 Å². The van der Waals surface area contributed by atoms with Crippen LogP contribution < -0.4 is 10.1 Å². The molecule has 1 heterocycles. The molecule has 0 fully saturated rings. The van der Waals surface area contributed by atoms with Gasteiger partial charge in [-0.3, -0.25) is 9.59 Å². The minimum atomic E-state index is -0.458. The van der Waals surface area contributed by atoms with Crippen LogP contribution in [0.5, 0.6) is 5.75 Å². The summed E-state index contributed by atoms with van der Waals surface area (Å²) in [6, 6.07) is 12.8. The average molecular weight is 447 g/mol. The number of carbonyl (C=O) groups excluding carboxylic acids is 2. The number of methoxy groups -OCH3 is 1. The third kappa shape index (κ3) is 5.20. The smallest absolute Gasteiger partial charge is 0.306 e. The van der Waals surface area contributed by atoms with Crippen LogP contribution in [-0.2, 0) is 20.9 Å². The second-order valence-electron chi connectivity index (χ2n) is 6.58. The van der Waals surface area contributed by atoms with Gasteiger partial charge < -0.3 is 14.8 Å².